The number of hydrogen-bond donors (Lipinski definition) is 1. The van der Waals surface area contributed by atoms with Crippen LogP contribution in [0.1, 0.15) is 29.8 Å². The fourth-order valence-electron chi connectivity index (χ4n) is 2.91. The van der Waals surface area contributed by atoms with Crippen LogP contribution in [0.15, 0.2) is 54.6 Å². The van der Waals surface area contributed by atoms with Gasteiger partial charge in [0.1, 0.15) is 5.75 Å². The maximum Gasteiger partial charge on any atom is 0.268 e. The lowest BCUT2D eigenvalue weighted by Gasteiger charge is -2.33. The standard InChI is InChI=1S/C21H22N2O3/c1-13(2)12-23-18-11-17(8-9-19(18)26-15(4)21(23)25)22-20(24)16-7-5-6-14(3)10-16/h5-11,15H,1,12H2,2-4H3,(H,22,24). The maximum atomic E-state index is 12.5. The van der Waals surface area contributed by atoms with Gasteiger partial charge in [0.2, 0.25) is 0 Å². The van der Waals surface area contributed by atoms with Crippen molar-refractivity contribution in [1.82, 2.24) is 0 Å². The molecule has 1 aliphatic heterocycles. The Labute approximate surface area is 153 Å². The highest BCUT2D eigenvalue weighted by Crippen LogP contribution is 2.36. The summed E-state index contributed by atoms with van der Waals surface area (Å²) in [7, 11) is 0. The molecule has 26 heavy (non-hydrogen) atoms. The van der Waals surface area contributed by atoms with Crippen molar-refractivity contribution in [1.29, 1.82) is 0 Å². The van der Waals surface area contributed by atoms with E-state index < -0.39 is 6.10 Å². The van der Waals surface area contributed by atoms with E-state index in [4.69, 9.17) is 4.74 Å². The molecule has 1 unspecified atom stereocenters. The van der Waals surface area contributed by atoms with Gasteiger partial charge in [-0.1, -0.05) is 29.8 Å². The van der Waals surface area contributed by atoms with Gasteiger partial charge in [-0.2, -0.15) is 0 Å². The van der Waals surface area contributed by atoms with Crippen molar-refractivity contribution in [2.24, 2.45) is 0 Å². The van der Waals surface area contributed by atoms with Crippen molar-refractivity contribution in [2.75, 3.05) is 16.8 Å². The predicted octanol–water partition coefficient (Wildman–Crippen LogP) is 3.94. The van der Waals surface area contributed by atoms with Gasteiger partial charge >= 0.3 is 0 Å². The Balaban J connectivity index is 1.89. The second-order valence-corrected chi connectivity index (χ2v) is 6.65. The van der Waals surface area contributed by atoms with Crippen LogP contribution >= 0.6 is 0 Å². The number of anilines is 2. The number of nitrogens with zero attached hydrogens (tertiary/aromatic N) is 1. The Hall–Kier alpha value is -3.08. The molecule has 2 aromatic rings. The summed E-state index contributed by atoms with van der Waals surface area (Å²) in [6.07, 6.45) is -0.547. The number of ether oxygens (including phenoxy) is 1. The minimum absolute atomic E-state index is 0.123. The quantitative estimate of drug-likeness (QED) is 0.850. The zero-order valence-corrected chi connectivity index (χ0v) is 15.2. The normalized spacial score (nSPS) is 15.9. The van der Waals surface area contributed by atoms with Crippen LogP contribution in [-0.2, 0) is 4.79 Å². The van der Waals surface area contributed by atoms with Crippen LogP contribution < -0.4 is 15.0 Å². The van der Waals surface area contributed by atoms with E-state index >= 15 is 0 Å². The second-order valence-electron chi connectivity index (χ2n) is 6.65. The Morgan fingerprint density at radius 3 is 2.73 bits per heavy atom. The summed E-state index contributed by atoms with van der Waals surface area (Å²) in [6.45, 7) is 9.84. The number of aryl methyl sites for hydroxylation is 1. The maximum absolute atomic E-state index is 12.5. The fourth-order valence-corrected chi connectivity index (χ4v) is 2.91. The zero-order chi connectivity index (χ0) is 18.8. The molecule has 1 N–H and O–H groups in total. The lowest BCUT2D eigenvalue weighted by Crippen LogP contribution is -2.45. The third-order valence-electron chi connectivity index (χ3n) is 4.13. The number of carbonyl (C=O) groups is 2. The molecule has 0 aromatic heterocycles. The van der Waals surface area contributed by atoms with E-state index in [1.165, 1.54) is 0 Å². The molecule has 0 fully saturated rings. The SMILES string of the molecule is C=C(C)CN1C(=O)C(C)Oc2ccc(NC(=O)c3cccc(C)c3)cc21. The molecule has 134 valence electrons. The van der Waals surface area contributed by atoms with E-state index in [-0.39, 0.29) is 11.8 Å². The minimum atomic E-state index is -0.547. The summed E-state index contributed by atoms with van der Waals surface area (Å²) >= 11 is 0. The first kappa shape index (κ1) is 17.7. The Kier molecular flexibility index (Phi) is 4.80. The van der Waals surface area contributed by atoms with Gasteiger partial charge in [-0.3, -0.25) is 9.59 Å². The van der Waals surface area contributed by atoms with E-state index in [1.54, 1.807) is 36.1 Å². The van der Waals surface area contributed by atoms with Crippen LogP contribution in [0.3, 0.4) is 0 Å². The first-order valence-electron chi connectivity index (χ1n) is 8.49. The first-order chi connectivity index (χ1) is 12.3. The molecule has 3 rings (SSSR count). The lowest BCUT2D eigenvalue weighted by atomic mass is 10.1. The topological polar surface area (TPSA) is 58.6 Å². The number of carbonyl (C=O) groups excluding carboxylic acids is 2. The summed E-state index contributed by atoms with van der Waals surface area (Å²) in [5.74, 6) is 0.297. The molecule has 0 bridgehead atoms. The van der Waals surface area contributed by atoms with Crippen molar-refractivity contribution in [3.8, 4) is 5.75 Å². The van der Waals surface area contributed by atoms with E-state index in [0.717, 1.165) is 11.1 Å². The van der Waals surface area contributed by atoms with Gasteiger partial charge in [0, 0.05) is 17.8 Å². The summed E-state index contributed by atoms with van der Waals surface area (Å²) in [5.41, 5.74) is 3.71. The summed E-state index contributed by atoms with van der Waals surface area (Å²) < 4.78 is 5.68. The molecule has 2 aromatic carbocycles. The van der Waals surface area contributed by atoms with Crippen LogP contribution in [-0.4, -0.2) is 24.5 Å². The van der Waals surface area contributed by atoms with Crippen molar-refractivity contribution in [3.05, 3.63) is 65.7 Å². The van der Waals surface area contributed by atoms with Gasteiger partial charge in [-0.15, -0.1) is 0 Å². The number of rotatable bonds is 4. The smallest absolute Gasteiger partial charge is 0.268 e. The Bertz CT molecular complexity index is 889. The minimum Gasteiger partial charge on any atom is -0.479 e. The van der Waals surface area contributed by atoms with Gasteiger partial charge in [0.25, 0.3) is 11.8 Å². The molecule has 0 saturated heterocycles. The monoisotopic (exact) mass is 350 g/mol. The van der Waals surface area contributed by atoms with Gasteiger partial charge < -0.3 is 15.0 Å². The summed E-state index contributed by atoms with van der Waals surface area (Å²) in [6, 6.07) is 12.7. The lowest BCUT2D eigenvalue weighted by molar-refractivity contribution is -0.125. The van der Waals surface area contributed by atoms with Crippen LogP contribution in [0.25, 0.3) is 0 Å². The zero-order valence-electron chi connectivity index (χ0n) is 15.2. The third-order valence-corrected chi connectivity index (χ3v) is 4.13. The molecule has 2 amide bonds. The molecular weight excluding hydrogens is 328 g/mol. The van der Waals surface area contributed by atoms with Gasteiger partial charge in [0.05, 0.1) is 5.69 Å². The molecule has 5 heteroatoms. The van der Waals surface area contributed by atoms with Crippen molar-refractivity contribution in [3.63, 3.8) is 0 Å². The van der Waals surface area contributed by atoms with E-state index in [2.05, 4.69) is 11.9 Å². The predicted molar refractivity (Wildman–Crippen MR) is 103 cm³/mol. The summed E-state index contributed by atoms with van der Waals surface area (Å²) in [5, 5.41) is 2.88. The van der Waals surface area contributed by atoms with Crippen molar-refractivity contribution in [2.45, 2.75) is 26.9 Å². The molecule has 1 heterocycles. The van der Waals surface area contributed by atoms with Crippen LogP contribution in [0.2, 0.25) is 0 Å². The van der Waals surface area contributed by atoms with Gasteiger partial charge in [-0.05, 0) is 51.1 Å². The number of fused-ring (bicyclic) bond motifs is 1. The van der Waals surface area contributed by atoms with E-state index in [0.29, 0.717) is 29.2 Å². The van der Waals surface area contributed by atoms with Crippen molar-refractivity contribution >= 4 is 23.2 Å². The van der Waals surface area contributed by atoms with Gasteiger partial charge in [0.15, 0.2) is 6.10 Å². The molecule has 0 radical (unpaired) electrons. The van der Waals surface area contributed by atoms with Crippen LogP contribution in [0.4, 0.5) is 11.4 Å². The van der Waals surface area contributed by atoms with Crippen LogP contribution in [0.5, 0.6) is 5.75 Å². The highest BCUT2D eigenvalue weighted by molar-refractivity contribution is 6.06. The van der Waals surface area contributed by atoms with E-state index in [9.17, 15) is 9.59 Å². The average Bonchev–Trinajstić information content (AvgIpc) is 2.59. The average molecular weight is 350 g/mol. The number of nitrogens with one attached hydrogen (secondary N) is 1. The van der Waals surface area contributed by atoms with Crippen LogP contribution in [0, 0.1) is 6.92 Å². The number of hydrogen-bond acceptors (Lipinski definition) is 3. The second kappa shape index (κ2) is 7.04. The molecule has 0 spiro atoms. The fraction of sp³-hybridized carbons (Fsp3) is 0.238. The highest BCUT2D eigenvalue weighted by atomic mass is 16.5. The number of amides is 2. The highest BCUT2D eigenvalue weighted by Gasteiger charge is 2.31. The molecular formula is C21H22N2O3. The van der Waals surface area contributed by atoms with E-state index in [1.807, 2.05) is 32.0 Å². The molecule has 0 aliphatic carbocycles. The Morgan fingerprint density at radius 1 is 1.27 bits per heavy atom. The number of benzene rings is 2. The van der Waals surface area contributed by atoms with Crippen molar-refractivity contribution < 1.29 is 14.3 Å². The molecule has 1 atom stereocenters. The molecule has 1 aliphatic rings. The summed E-state index contributed by atoms with van der Waals surface area (Å²) in [4.78, 5) is 26.6. The largest absolute Gasteiger partial charge is 0.479 e. The first-order valence-corrected chi connectivity index (χ1v) is 8.49. The molecule has 0 saturated carbocycles. The van der Waals surface area contributed by atoms with Gasteiger partial charge in [-0.25, -0.2) is 0 Å². The third kappa shape index (κ3) is 3.61. The molecule has 5 nitrogen and oxygen atoms in total. The Morgan fingerprint density at radius 2 is 2.04 bits per heavy atom.